The maximum absolute atomic E-state index is 12.8. The van der Waals surface area contributed by atoms with Gasteiger partial charge in [0.2, 0.25) is 0 Å². The molecule has 66 heavy (non-hydrogen) atoms. The van der Waals surface area contributed by atoms with Crippen molar-refractivity contribution in [1.82, 2.24) is 0 Å². The van der Waals surface area contributed by atoms with Crippen molar-refractivity contribution >= 4 is 17.9 Å². The Morgan fingerprint density at radius 3 is 1.15 bits per heavy atom. The molecule has 0 saturated heterocycles. The zero-order valence-electron chi connectivity index (χ0n) is 42.4. The number of rotatable bonds is 46. The highest BCUT2D eigenvalue weighted by Gasteiger charge is 2.19. The molecule has 0 aromatic carbocycles. The molecule has 0 bridgehead atoms. The maximum atomic E-state index is 12.8. The molecule has 0 spiro atoms. The minimum atomic E-state index is -0.843. The predicted octanol–water partition coefficient (Wildman–Crippen LogP) is 17.7. The van der Waals surface area contributed by atoms with Crippen LogP contribution in [0, 0.1) is 0 Å². The van der Waals surface area contributed by atoms with Crippen LogP contribution in [0.25, 0.3) is 0 Å². The second-order valence-corrected chi connectivity index (χ2v) is 17.2. The molecular weight excluding hydrogens is 817 g/mol. The van der Waals surface area contributed by atoms with Crippen molar-refractivity contribution in [3.8, 4) is 0 Å². The Kier molecular flexibility index (Phi) is 50.0. The molecule has 0 aliphatic heterocycles. The molecule has 0 saturated carbocycles. The molecule has 0 rings (SSSR count). The molecular formula is C60H96O6. The molecule has 0 aromatic rings. The number of carbonyl (C=O) groups is 3. The van der Waals surface area contributed by atoms with Crippen molar-refractivity contribution in [2.24, 2.45) is 0 Å². The third-order valence-electron chi connectivity index (χ3n) is 10.8. The van der Waals surface area contributed by atoms with Gasteiger partial charge in [-0.25, -0.2) is 0 Å². The van der Waals surface area contributed by atoms with Gasteiger partial charge in [0.1, 0.15) is 13.2 Å². The predicted molar refractivity (Wildman–Crippen MR) is 283 cm³/mol. The summed E-state index contributed by atoms with van der Waals surface area (Å²) in [5, 5.41) is 0. The van der Waals surface area contributed by atoms with E-state index in [-0.39, 0.29) is 44.0 Å². The molecule has 0 amide bonds. The van der Waals surface area contributed by atoms with E-state index in [0.717, 1.165) is 70.6 Å². The Labute approximate surface area is 405 Å². The van der Waals surface area contributed by atoms with E-state index in [1.54, 1.807) is 0 Å². The van der Waals surface area contributed by atoms with Crippen LogP contribution in [-0.4, -0.2) is 37.2 Å². The first-order valence-electron chi connectivity index (χ1n) is 26.6. The van der Waals surface area contributed by atoms with E-state index >= 15 is 0 Å². The van der Waals surface area contributed by atoms with Crippen LogP contribution in [0.3, 0.4) is 0 Å². The van der Waals surface area contributed by atoms with Crippen LogP contribution in [0.1, 0.15) is 220 Å². The molecule has 6 heteroatoms. The summed E-state index contributed by atoms with van der Waals surface area (Å²) < 4.78 is 16.7. The molecule has 0 radical (unpaired) electrons. The number of hydrogen-bond donors (Lipinski definition) is 0. The summed E-state index contributed by atoms with van der Waals surface area (Å²) >= 11 is 0. The van der Waals surface area contributed by atoms with Crippen molar-refractivity contribution in [2.75, 3.05) is 13.2 Å². The van der Waals surface area contributed by atoms with E-state index in [2.05, 4.69) is 87.6 Å². The molecule has 0 fully saturated rings. The van der Waals surface area contributed by atoms with Gasteiger partial charge in [-0.3, -0.25) is 14.4 Å². The summed E-state index contributed by atoms with van der Waals surface area (Å²) in [5.41, 5.74) is 0. The van der Waals surface area contributed by atoms with Crippen molar-refractivity contribution < 1.29 is 28.6 Å². The lowest BCUT2D eigenvalue weighted by atomic mass is 10.1. The van der Waals surface area contributed by atoms with Crippen LogP contribution in [0.4, 0.5) is 0 Å². The average Bonchev–Trinajstić information content (AvgIpc) is 3.31. The number of esters is 3. The van der Waals surface area contributed by atoms with Gasteiger partial charge >= 0.3 is 17.9 Å². The zero-order chi connectivity index (χ0) is 47.9. The zero-order valence-corrected chi connectivity index (χ0v) is 42.4. The van der Waals surface area contributed by atoms with E-state index in [9.17, 15) is 14.4 Å². The number of allylic oxidation sites excluding steroid dienone is 20. The van der Waals surface area contributed by atoms with Gasteiger partial charge < -0.3 is 14.2 Å². The number of hydrogen-bond acceptors (Lipinski definition) is 6. The second-order valence-electron chi connectivity index (χ2n) is 17.2. The van der Waals surface area contributed by atoms with Gasteiger partial charge in [0, 0.05) is 19.3 Å². The van der Waals surface area contributed by atoms with Gasteiger partial charge in [0.15, 0.2) is 6.10 Å². The van der Waals surface area contributed by atoms with Gasteiger partial charge in [-0.1, -0.05) is 232 Å². The van der Waals surface area contributed by atoms with Gasteiger partial charge in [-0.05, 0) is 89.9 Å². The summed E-state index contributed by atoms with van der Waals surface area (Å²) in [6.45, 7) is 6.35. The standard InChI is InChI=1S/C60H96O6/c1-4-7-10-13-16-19-22-25-27-29-31-32-35-38-41-44-47-50-53-59(62)65-56-57(55-64-58(61)52-49-46-43-40-37-34-24-21-18-15-12-9-6-3)66-60(63)54-51-48-45-42-39-36-33-30-28-26-23-20-17-14-11-8-5-2/h9,12,15,18,21,24,26-29,31-34,36-37,40,42-43,45,57H,4-8,10-11,13-14,16-17,19-20,22-23,25,30,35,38-39,41,44,46-56H2,1-3H3/b12-9+,18-15+,24-21+,28-26+,29-27+,32-31+,36-33+,37-34+,43-40+,45-42+. The Bertz CT molecular complexity index is 1420. The fourth-order valence-corrected chi connectivity index (χ4v) is 6.83. The molecule has 6 nitrogen and oxygen atoms in total. The molecule has 1 atom stereocenters. The van der Waals surface area contributed by atoms with E-state index in [4.69, 9.17) is 14.2 Å². The van der Waals surface area contributed by atoms with Crippen LogP contribution >= 0.6 is 0 Å². The average molecular weight is 913 g/mol. The van der Waals surface area contributed by atoms with Crippen LogP contribution in [-0.2, 0) is 28.6 Å². The van der Waals surface area contributed by atoms with Gasteiger partial charge in [-0.2, -0.15) is 0 Å². The highest BCUT2D eigenvalue weighted by molar-refractivity contribution is 5.71. The van der Waals surface area contributed by atoms with Crippen LogP contribution in [0.2, 0.25) is 0 Å². The van der Waals surface area contributed by atoms with Crippen molar-refractivity contribution in [3.05, 3.63) is 122 Å². The topological polar surface area (TPSA) is 78.9 Å². The summed E-state index contributed by atoms with van der Waals surface area (Å²) in [4.78, 5) is 38.0. The smallest absolute Gasteiger partial charge is 0.306 e. The van der Waals surface area contributed by atoms with Crippen molar-refractivity contribution in [3.63, 3.8) is 0 Å². The Hall–Kier alpha value is -4.19. The number of ether oxygens (including phenoxy) is 3. The van der Waals surface area contributed by atoms with Crippen molar-refractivity contribution in [1.29, 1.82) is 0 Å². The quantitative estimate of drug-likeness (QED) is 0.0199. The fraction of sp³-hybridized carbons (Fsp3) is 0.617. The lowest BCUT2D eigenvalue weighted by Gasteiger charge is -2.18. The highest BCUT2D eigenvalue weighted by atomic mass is 16.6. The van der Waals surface area contributed by atoms with E-state index in [1.165, 1.54) is 96.3 Å². The fourth-order valence-electron chi connectivity index (χ4n) is 6.83. The SMILES string of the molecule is CC/C=C/C=C/C=C/C=C/C=C/CCCC(=O)OCC(COC(=O)CCCCCCC/C=C/C=C/CCCCCCCCC)OC(=O)CCC/C=C/C/C=C/C/C=C/CCCCCCCC. The van der Waals surface area contributed by atoms with E-state index in [1.807, 2.05) is 54.7 Å². The minimum absolute atomic E-state index is 0.132. The van der Waals surface area contributed by atoms with Crippen LogP contribution < -0.4 is 0 Å². The van der Waals surface area contributed by atoms with Crippen molar-refractivity contribution in [2.45, 2.75) is 226 Å². The first-order chi connectivity index (χ1) is 32.5. The Morgan fingerprint density at radius 1 is 0.333 bits per heavy atom. The monoisotopic (exact) mass is 913 g/mol. The number of carbonyl (C=O) groups excluding carboxylic acids is 3. The minimum Gasteiger partial charge on any atom is -0.462 e. The van der Waals surface area contributed by atoms with Gasteiger partial charge in [-0.15, -0.1) is 0 Å². The third kappa shape index (κ3) is 50.8. The molecule has 0 aromatic heterocycles. The summed E-state index contributed by atoms with van der Waals surface area (Å²) in [6, 6.07) is 0. The van der Waals surface area contributed by atoms with Crippen LogP contribution in [0.5, 0.6) is 0 Å². The van der Waals surface area contributed by atoms with Gasteiger partial charge in [0.25, 0.3) is 0 Å². The largest absolute Gasteiger partial charge is 0.462 e. The molecule has 1 unspecified atom stereocenters. The van der Waals surface area contributed by atoms with Gasteiger partial charge in [0.05, 0.1) is 0 Å². The molecule has 0 aliphatic rings. The summed E-state index contributed by atoms with van der Waals surface area (Å²) in [7, 11) is 0. The maximum Gasteiger partial charge on any atom is 0.306 e. The second kappa shape index (κ2) is 53.4. The highest BCUT2D eigenvalue weighted by Crippen LogP contribution is 2.12. The first kappa shape index (κ1) is 61.8. The molecule has 0 heterocycles. The Morgan fingerprint density at radius 2 is 0.667 bits per heavy atom. The van der Waals surface area contributed by atoms with E-state index < -0.39 is 6.10 Å². The summed E-state index contributed by atoms with van der Waals surface area (Å²) in [5.74, 6) is -1.08. The third-order valence-corrected chi connectivity index (χ3v) is 10.8. The molecule has 0 N–H and O–H groups in total. The lowest BCUT2D eigenvalue weighted by Crippen LogP contribution is -2.30. The summed E-state index contributed by atoms with van der Waals surface area (Å²) in [6.07, 6.45) is 73.4. The molecule has 0 aliphatic carbocycles. The first-order valence-corrected chi connectivity index (χ1v) is 26.6. The Balaban J connectivity index is 4.58. The number of unbranched alkanes of at least 4 members (excludes halogenated alkanes) is 20. The van der Waals surface area contributed by atoms with E-state index in [0.29, 0.717) is 19.3 Å². The molecule has 372 valence electrons. The normalized spacial score (nSPS) is 13.1. The van der Waals surface area contributed by atoms with Crippen LogP contribution in [0.15, 0.2) is 122 Å². The lowest BCUT2D eigenvalue weighted by molar-refractivity contribution is -0.167.